The maximum absolute atomic E-state index is 13.6. The van der Waals surface area contributed by atoms with E-state index in [1.54, 1.807) is 24.5 Å². The number of carbonyl (C=O) groups is 2. The molecule has 3 aliphatic heterocycles. The standard InChI is InChI=1S/C29H30N4O6S2/c1-4-32-25(31-10-8-19(9-11-31)28(36)37-5-2)20(17(3)21(14-30)26(32)34)13-24-27(35)33(29(40)41-24)15-18-6-7-22-23(12-18)39-16-38-22/h6-7,12-13,19H,4-5,8-11,15-16H2,1-3H3/b24-13-. The molecule has 0 spiro atoms. The number of ether oxygens (including phenoxy) is 3. The molecule has 2 fully saturated rings. The fourth-order valence-corrected chi connectivity index (χ4v) is 6.59. The summed E-state index contributed by atoms with van der Waals surface area (Å²) >= 11 is 6.78. The fraction of sp³-hybridized carbons (Fsp3) is 0.414. The third-order valence-corrected chi connectivity index (χ3v) is 8.88. The van der Waals surface area contributed by atoms with E-state index < -0.39 is 0 Å². The molecule has 1 amide bonds. The predicted octanol–water partition coefficient (Wildman–Crippen LogP) is 3.96. The number of pyridine rings is 1. The van der Waals surface area contributed by atoms with Crippen molar-refractivity contribution >= 4 is 52.1 Å². The van der Waals surface area contributed by atoms with E-state index in [4.69, 9.17) is 26.4 Å². The average Bonchev–Trinajstić information content (AvgIpc) is 3.54. The predicted molar refractivity (Wildman–Crippen MR) is 159 cm³/mol. The minimum Gasteiger partial charge on any atom is -0.466 e. The van der Waals surface area contributed by atoms with Gasteiger partial charge in [-0.05, 0) is 62.9 Å². The van der Waals surface area contributed by atoms with Gasteiger partial charge in [-0.25, -0.2) is 0 Å². The molecule has 2 aromatic rings. The molecular formula is C29H30N4O6S2. The van der Waals surface area contributed by atoms with Crippen molar-refractivity contribution < 1.29 is 23.8 Å². The molecule has 12 heteroatoms. The van der Waals surface area contributed by atoms with Crippen LogP contribution < -0.4 is 19.9 Å². The highest BCUT2D eigenvalue weighted by Gasteiger charge is 2.34. The number of anilines is 1. The molecule has 41 heavy (non-hydrogen) atoms. The summed E-state index contributed by atoms with van der Waals surface area (Å²) in [5.41, 5.74) is 1.65. The van der Waals surface area contributed by atoms with Crippen LogP contribution in [0.4, 0.5) is 5.82 Å². The molecule has 0 unspecified atom stereocenters. The van der Waals surface area contributed by atoms with Gasteiger partial charge in [0.1, 0.15) is 21.8 Å². The number of thiocarbonyl (C=S) groups is 1. The van der Waals surface area contributed by atoms with E-state index in [1.807, 2.05) is 25.1 Å². The molecule has 10 nitrogen and oxygen atoms in total. The lowest BCUT2D eigenvalue weighted by atomic mass is 9.95. The van der Waals surface area contributed by atoms with Gasteiger partial charge in [0.2, 0.25) is 6.79 Å². The monoisotopic (exact) mass is 594 g/mol. The summed E-state index contributed by atoms with van der Waals surface area (Å²) in [6.07, 6.45) is 2.90. The van der Waals surface area contributed by atoms with Crippen molar-refractivity contribution in [1.82, 2.24) is 9.47 Å². The molecule has 4 heterocycles. The zero-order valence-electron chi connectivity index (χ0n) is 23.1. The van der Waals surface area contributed by atoms with E-state index in [0.717, 1.165) is 5.56 Å². The van der Waals surface area contributed by atoms with Crippen LogP contribution in [0.1, 0.15) is 48.9 Å². The van der Waals surface area contributed by atoms with Crippen molar-refractivity contribution in [2.75, 3.05) is 31.4 Å². The Morgan fingerprint density at radius 3 is 2.63 bits per heavy atom. The van der Waals surface area contributed by atoms with Crippen molar-refractivity contribution in [2.24, 2.45) is 5.92 Å². The number of benzene rings is 1. The summed E-state index contributed by atoms with van der Waals surface area (Å²) < 4.78 is 18.1. The van der Waals surface area contributed by atoms with Crippen molar-refractivity contribution in [3.63, 3.8) is 0 Å². The molecular weight excluding hydrogens is 564 g/mol. The van der Waals surface area contributed by atoms with E-state index in [1.165, 1.54) is 16.7 Å². The van der Waals surface area contributed by atoms with Crippen LogP contribution in [0, 0.1) is 24.2 Å². The lowest BCUT2D eigenvalue weighted by Crippen LogP contribution is -2.41. The maximum Gasteiger partial charge on any atom is 0.309 e. The molecule has 0 aliphatic carbocycles. The number of esters is 1. The summed E-state index contributed by atoms with van der Waals surface area (Å²) in [6.45, 7) is 7.53. The Labute approximate surface area is 247 Å². The lowest BCUT2D eigenvalue weighted by Gasteiger charge is -2.35. The average molecular weight is 595 g/mol. The third kappa shape index (κ3) is 5.44. The number of nitrogens with zero attached hydrogens (tertiary/aromatic N) is 4. The van der Waals surface area contributed by atoms with Crippen LogP contribution in [-0.4, -0.2) is 52.2 Å². The molecule has 0 bridgehead atoms. The van der Waals surface area contributed by atoms with Crippen LogP contribution in [-0.2, 0) is 27.4 Å². The zero-order valence-corrected chi connectivity index (χ0v) is 24.7. The van der Waals surface area contributed by atoms with Crippen molar-refractivity contribution in [2.45, 2.75) is 46.7 Å². The van der Waals surface area contributed by atoms with Crippen LogP contribution in [0.15, 0.2) is 27.9 Å². The van der Waals surface area contributed by atoms with Crippen molar-refractivity contribution in [3.05, 3.63) is 55.7 Å². The van der Waals surface area contributed by atoms with Crippen molar-refractivity contribution in [1.29, 1.82) is 5.26 Å². The highest BCUT2D eigenvalue weighted by Crippen LogP contribution is 2.38. The number of carbonyl (C=O) groups excluding carboxylic acids is 2. The van der Waals surface area contributed by atoms with E-state index in [9.17, 15) is 19.6 Å². The number of nitriles is 1. The Morgan fingerprint density at radius 1 is 1.22 bits per heavy atom. The Bertz CT molecular complexity index is 1550. The molecule has 0 saturated carbocycles. The number of fused-ring (bicyclic) bond motifs is 1. The number of amides is 1. The maximum atomic E-state index is 13.6. The van der Waals surface area contributed by atoms with Gasteiger partial charge in [-0.3, -0.25) is 23.9 Å². The fourth-order valence-electron chi connectivity index (χ4n) is 5.35. The highest BCUT2D eigenvalue weighted by molar-refractivity contribution is 8.26. The summed E-state index contributed by atoms with van der Waals surface area (Å²) in [4.78, 5) is 43.3. The topological polar surface area (TPSA) is 114 Å². The second kappa shape index (κ2) is 12.0. The number of hydrogen-bond acceptors (Lipinski definition) is 10. The number of rotatable bonds is 7. The summed E-state index contributed by atoms with van der Waals surface area (Å²) in [7, 11) is 0. The van der Waals surface area contributed by atoms with E-state index in [0.29, 0.717) is 76.8 Å². The van der Waals surface area contributed by atoms with Crippen molar-refractivity contribution in [3.8, 4) is 17.6 Å². The number of hydrogen-bond donors (Lipinski definition) is 0. The molecule has 0 atom stereocenters. The summed E-state index contributed by atoms with van der Waals surface area (Å²) in [5, 5.41) is 9.85. The minimum atomic E-state index is -0.373. The van der Waals surface area contributed by atoms with Gasteiger partial charge in [-0.15, -0.1) is 0 Å². The normalized spacial score (nSPS) is 17.9. The van der Waals surface area contributed by atoms with Gasteiger partial charge in [0.15, 0.2) is 11.5 Å². The molecule has 0 N–H and O–H groups in total. The molecule has 2 saturated heterocycles. The van der Waals surface area contributed by atoms with Crippen LogP contribution in [0.2, 0.25) is 0 Å². The van der Waals surface area contributed by atoms with Crippen LogP contribution in [0.5, 0.6) is 11.5 Å². The molecule has 5 rings (SSSR count). The van der Waals surface area contributed by atoms with Gasteiger partial charge >= 0.3 is 5.97 Å². The van der Waals surface area contributed by atoms with Crippen LogP contribution >= 0.6 is 24.0 Å². The third-order valence-electron chi connectivity index (χ3n) is 7.50. The molecule has 0 radical (unpaired) electrons. The SMILES string of the molecule is CCOC(=O)C1CCN(c2c(/C=C3\SC(=S)N(Cc4ccc5c(c4)OCO5)C3=O)c(C)c(C#N)c(=O)n2CC)CC1. The van der Waals surface area contributed by atoms with E-state index >= 15 is 0 Å². The molecule has 1 aromatic carbocycles. The van der Waals surface area contributed by atoms with E-state index in [-0.39, 0.29) is 42.3 Å². The first-order chi connectivity index (χ1) is 19.8. The van der Waals surface area contributed by atoms with Gasteiger partial charge in [0, 0.05) is 25.2 Å². The quantitative estimate of drug-likeness (QED) is 0.265. The second-order valence-electron chi connectivity index (χ2n) is 9.87. The Kier molecular flexibility index (Phi) is 8.37. The van der Waals surface area contributed by atoms with Gasteiger partial charge in [-0.2, -0.15) is 5.26 Å². The first kappa shape index (κ1) is 28.7. The molecule has 214 valence electrons. The van der Waals surface area contributed by atoms with Crippen LogP contribution in [0.3, 0.4) is 0 Å². The highest BCUT2D eigenvalue weighted by atomic mass is 32.2. The zero-order chi connectivity index (χ0) is 29.3. The smallest absolute Gasteiger partial charge is 0.309 e. The first-order valence-corrected chi connectivity index (χ1v) is 14.7. The molecule has 1 aromatic heterocycles. The second-order valence-corrected chi connectivity index (χ2v) is 11.5. The van der Waals surface area contributed by atoms with Gasteiger partial charge in [0.05, 0.1) is 24.0 Å². The largest absolute Gasteiger partial charge is 0.466 e. The van der Waals surface area contributed by atoms with Gasteiger partial charge in [-0.1, -0.05) is 30.0 Å². The Morgan fingerprint density at radius 2 is 1.95 bits per heavy atom. The summed E-state index contributed by atoms with van der Waals surface area (Å²) in [6, 6.07) is 7.57. The van der Waals surface area contributed by atoms with Crippen LogP contribution in [0.25, 0.3) is 6.08 Å². The summed E-state index contributed by atoms with van der Waals surface area (Å²) in [5.74, 6) is 1.26. The Hall–Kier alpha value is -3.82. The van der Waals surface area contributed by atoms with E-state index in [2.05, 4.69) is 11.0 Å². The Balaban J connectivity index is 1.49. The lowest BCUT2D eigenvalue weighted by molar-refractivity contribution is -0.148. The first-order valence-electron chi connectivity index (χ1n) is 13.5. The van der Waals surface area contributed by atoms with Gasteiger partial charge in [0.25, 0.3) is 11.5 Å². The number of aromatic nitrogens is 1. The number of thioether (sulfide) groups is 1. The molecule has 3 aliphatic rings. The number of piperidine rings is 1. The minimum absolute atomic E-state index is 0.0408. The van der Waals surface area contributed by atoms with Gasteiger partial charge < -0.3 is 19.1 Å².